The first kappa shape index (κ1) is 15.9. The Morgan fingerprint density at radius 3 is 1.80 bits per heavy atom. The predicted molar refractivity (Wildman–Crippen MR) is 53.8 cm³/mol. The highest BCUT2D eigenvalue weighted by Gasteiger charge is 2.37. The molecule has 0 saturated carbocycles. The van der Waals surface area contributed by atoms with Crippen LogP contribution >= 0.6 is 0 Å². The van der Waals surface area contributed by atoms with Crippen LogP contribution in [0.1, 0.15) is 11.1 Å². The van der Waals surface area contributed by atoms with Gasteiger partial charge in [-0.05, 0) is 18.2 Å². The molecule has 0 heterocycles. The second-order valence-corrected chi connectivity index (χ2v) is 3.38. The van der Waals surface area contributed by atoms with Gasteiger partial charge in [0.05, 0.1) is 17.4 Å². The molecule has 0 aromatic heterocycles. The molecule has 1 rings (SSSR count). The van der Waals surface area contributed by atoms with Crippen molar-refractivity contribution >= 4 is 6.16 Å². The van der Waals surface area contributed by atoms with Gasteiger partial charge in [0.1, 0.15) is 5.75 Å². The van der Waals surface area contributed by atoms with E-state index in [0.717, 1.165) is 0 Å². The molecule has 0 aliphatic rings. The van der Waals surface area contributed by atoms with Crippen molar-refractivity contribution in [2.24, 2.45) is 0 Å². The van der Waals surface area contributed by atoms with E-state index in [9.17, 15) is 31.1 Å². The highest BCUT2D eigenvalue weighted by atomic mass is 19.4. The van der Waals surface area contributed by atoms with Crippen LogP contribution in [0.5, 0.6) is 5.75 Å². The van der Waals surface area contributed by atoms with Gasteiger partial charge in [-0.1, -0.05) is 6.58 Å². The van der Waals surface area contributed by atoms with Crippen LogP contribution in [0.2, 0.25) is 0 Å². The van der Waals surface area contributed by atoms with E-state index in [2.05, 4.69) is 16.1 Å². The molecule has 1 aromatic rings. The number of ether oxygens (including phenoxy) is 2. The lowest BCUT2D eigenvalue weighted by Gasteiger charge is -2.13. The molecule has 0 atom stereocenters. The smallest absolute Gasteiger partial charge is 0.403 e. The van der Waals surface area contributed by atoms with Crippen molar-refractivity contribution in [3.63, 3.8) is 0 Å². The zero-order valence-electron chi connectivity index (χ0n) is 9.51. The molecule has 0 unspecified atom stereocenters. The van der Waals surface area contributed by atoms with Crippen molar-refractivity contribution in [2.75, 3.05) is 0 Å². The van der Waals surface area contributed by atoms with Gasteiger partial charge in [0, 0.05) is 0 Å². The number of hydrogen-bond donors (Lipinski definition) is 0. The fraction of sp³-hybridized carbons (Fsp3) is 0.182. The monoisotopic (exact) mass is 300 g/mol. The van der Waals surface area contributed by atoms with Crippen LogP contribution in [-0.4, -0.2) is 6.16 Å². The fourth-order valence-corrected chi connectivity index (χ4v) is 1.17. The van der Waals surface area contributed by atoms with Crippen LogP contribution in [0.4, 0.5) is 31.1 Å². The molecule has 0 radical (unpaired) electrons. The average molecular weight is 300 g/mol. The minimum atomic E-state index is -5.03. The Morgan fingerprint density at radius 1 is 1.00 bits per heavy atom. The maximum absolute atomic E-state index is 12.5. The number of rotatable bonds is 2. The summed E-state index contributed by atoms with van der Waals surface area (Å²) in [5, 5.41) is 0. The van der Waals surface area contributed by atoms with Gasteiger partial charge in [0.2, 0.25) is 0 Å². The summed E-state index contributed by atoms with van der Waals surface area (Å²) in [6.07, 6.45) is -10.9. The van der Waals surface area contributed by atoms with E-state index in [4.69, 9.17) is 0 Å². The lowest BCUT2D eigenvalue weighted by Crippen LogP contribution is -2.13. The minimum Gasteiger partial charge on any atom is -0.403 e. The van der Waals surface area contributed by atoms with Crippen molar-refractivity contribution in [3.8, 4) is 5.75 Å². The Bertz CT molecular complexity index is 486. The zero-order valence-corrected chi connectivity index (χ0v) is 9.51. The molecule has 110 valence electrons. The van der Waals surface area contributed by atoms with E-state index in [0.29, 0.717) is 6.26 Å². The molecule has 0 bridgehead atoms. The summed E-state index contributed by atoms with van der Waals surface area (Å²) < 4.78 is 83.0. The SMILES string of the molecule is C=COC(=O)Oc1cc(C(F)(F)F)cc(C(F)(F)F)c1. The Morgan fingerprint density at radius 2 is 1.45 bits per heavy atom. The van der Waals surface area contributed by atoms with E-state index in [1.807, 2.05) is 0 Å². The molecule has 0 aliphatic heterocycles. The van der Waals surface area contributed by atoms with Crippen molar-refractivity contribution in [2.45, 2.75) is 12.4 Å². The van der Waals surface area contributed by atoms with Gasteiger partial charge in [-0.2, -0.15) is 26.3 Å². The Balaban J connectivity index is 3.24. The van der Waals surface area contributed by atoms with Crippen LogP contribution in [0, 0.1) is 0 Å². The van der Waals surface area contributed by atoms with Crippen molar-refractivity contribution in [1.29, 1.82) is 0 Å². The molecule has 3 nitrogen and oxygen atoms in total. The first-order valence-electron chi connectivity index (χ1n) is 4.83. The normalized spacial score (nSPS) is 11.9. The number of carbonyl (C=O) groups is 1. The minimum absolute atomic E-state index is 0.0916. The molecular formula is C11H6F6O3. The van der Waals surface area contributed by atoms with Gasteiger partial charge in [0.25, 0.3) is 0 Å². The number of carbonyl (C=O) groups excluding carboxylic acids is 1. The van der Waals surface area contributed by atoms with Gasteiger partial charge in [0.15, 0.2) is 0 Å². The summed E-state index contributed by atoms with van der Waals surface area (Å²) in [4.78, 5) is 10.9. The largest absolute Gasteiger partial charge is 0.518 e. The van der Waals surface area contributed by atoms with Gasteiger partial charge >= 0.3 is 18.5 Å². The maximum Gasteiger partial charge on any atom is 0.518 e. The number of halogens is 6. The highest BCUT2D eigenvalue weighted by molar-refractivity contribution is 5.64. The maximum atomic E-state index is 12.5. The third-order valence-corrected chi connectivity index (χ3v) is 1.94. The van der Waals surface area contributed by atoms with E-state index in [1.54, 1.807) is 0 Å². The molecule has 1 aromatic carbocycles. The van der Waals surface area contributed by atoms with Crippen LogP contribution in [0.3, 0.4) is 0 Å². The third kappa shape index (κ3) is 4.18. The van der Waals surface area contributed by atoms with E-state index in [1.165, 1.54) is 0 Å². The van der Waals surface area contributed by atoms with Gasteiger partial charge < -0.3 is 9.47 Å². The lowest BCUT2D eigenvalue weighted by atomic mass is 10.1. The van der Waals surface area contributed by atoms with Crippen molar-refractivity contribution in [3.05, 3.63) is 42.2 Å². The molecule has 0 saturated heterocycles. The summed E-state index contributed by atoms with van der Waals surface area (Å²) in [6, 6.07) is 0.408. The molecular weight excluding hydrogens is 294 g/mol. The van der Waals surface area contributed by atoms with Gasteiger partial charge in [-0.15, -0.1) is 0 Å². The third-order valence-electron chi connectivity index (χ3n) is 1.94. The molecule has 20 heavy (non-hydrogen) atoms. The van der Waals surface area contributed by atoms with Crippen LogP contribution in [-0.2, 0) is 17.1 Å². The molecule has 0 spiro atoms. The van der Waals surface area contributed by atoms with Crippen molar-refractivity contribution in [1.82, 2.24) is 0 Å². The molecule has 9 heteroatoms. The second kappa shape index (κ2) is 5.43. The van der Waals surface area contributed by atoms with Gasteiger partial charge in [-0.25, -0.2) is 4.79 Å². The quantitative estimate of drug-likeness (QED) is 0.352. The molecule has 0 aliphatic carbocycles. The Kier molecular flexibility index (Phi) is 4.31. The summed E-state index contributed by atoms with van der Waals surface area (Å²) in [5.74, 6) is -0.945. The van der Waals surface area contributed by atoms with E-state index in [-0.39, 0.29) is 18.2 Å². The first-order valence-corrected chi connectivity index (χ1v) is 4.83. The topological polar surface area (TPSA) is 35.5 Å². The summed E-state index contributed by atoms with van der Waals surface area (Å²) in [7, 11) is 0. The average Bonchev–Trinajstić information content (AvgIpc) is 2.26. The number of alkyl halides is 6. The summed E-state index contributed by atoms with van der Waals surface area (Å²) in [6.45, 7) is 2.97. The summed E-state index contributed by atoms with van der Waals surface area (Å²) in [5.41, 5.74) is -3.21. The lowest BCUT2D eigenvalue weighted by molar-refractivity contribution is -0.143. The zero-order chi connectivity index (χ0) is 15.6. The van der Waals surface area contributed by atoms with Crippen molar-refractivity contribution < 1.29 is 40.6 Å². The first-order chi connectivity index (χ1) is 9.04. The van der Waals surface area contributed by atoms with E-state index < -0.39 is 35.4 Å². The Hall–Kier alpha value is -2.19. The van der Waals surface area contributed by atoms with Crippen LogP contribution < -0.4 is 4.74 Å². The van der Waals surface area contributed by atoms with Crippen LogP contribution in [0.15, 0.2) is 31.0 Å². The Labute approximate surface area is 108 Å². The molecule has 0 N–H and O–H groups in total. The highest BCUT2D eigenvalue weighted by Crippen LogP contribution is 2.38. The molecule has 0 fully saturated rings. The van der Waals surface area contributed by atoms with Gasteiger partial charge in [-0.3, -0.25) is 0 Å². The standard InChI is InChI=1S/C11H6F6O3/c1-2-19-9(18)20-8-4-6(10(12,13)14)3-7(5-8)11(15,16)17/h2-5H,1H2. The number of benzene rings is 1. The summed E-state index contributed by atoms with van der Waals surface area (Å²) >= 11 is 0. The number of hydrogen-bond acceptors (Lipinski definition) is 3. The fourth-order valence-electron chi connectivity index (χ4n) is 1.17. The second-order valence-electron chi connectivity index (χ2n) is 3.38. The molecule has 0 amide bonds. The predicted octanol–water partition coefficient (Wildman–Crippen LogP) is 4.38. The van der Waals surface area contributed by atoms with E-state index >= 15 is 0 Å². The van der Waals surface area contributed by atoms with Crippen LogP contribution in [0.25, 0.3) is 0 Å².